The molecule has 1 aromatic heterocycles. The molecule has 0 bridgehead atoms. The highest BCUT2D eigenvalue weighted by atomic mass is 16.4. The molecule has 2 atom stereocenters. The SMILES string of the molecule is C[C@H](c1ccccn1)N1CCC[C@@H](C(=O)O)C1. The highest BCUT2D eigenvalue weighted by molar-refractivity contribution is 5.70. The molecule has 0 unspecified atom stereocenters. The van der Waals surface area contributed by atoms with Gasteiger partial charge in [-0.25, -0.2) is 0 Å². The minimum Gasteiger partial charge on any atom is -0.481 e. The van der Waals surface area contributed by atoms with Crippen LogP contribution in [0.25, 0.3) is 0 Å². The lowest BCUT2D eigenvalue weighted by atomic mass is 9.96. The second-order valence-electron chi connectivity index (χ2n) is 4.60. The van der Waals surface area contributed by atoms with E-state index in [1.807, 2.05) is 18.2 Å². The summed E-state index contributed by atoms with van der Waals surface area (Å²) in [5.74, 6) is -0.905. The van der Waals surface area contributed by atoms with Gasteiger partial charge in [0.2, 0.25) is 0 Å². The number of hydrogen-bond acceptors (Lipinski definition) is 3. The van der Waals surface area contributed by atoms with Crippen LogP contribution in [0.3, 0.4) is 0 Å². The van der Waals surface area contributed by atoms with Gasteiger partial charge in [0.1, 0.15) is 0 Å². The summed E-state index contributed by atoms with van der Waals surface area (Å²) in [6.45, 7) is 3.68. The van der Waals surface area contributed by atoms with Crippen molar-refractivity contribution in [2.45, 2.75) is 25.8 Å². The number of hydrogen-bond donors (Lipinski definition) is 1. The predicted octanol–water partition coefficient (Wildman–Crippen LogP) is 1.94. The zero-order chi connectivity index (χ0) is 12.3. The molecule has 2 heterocycles. The summed E-state index contributed by atoms with van der Waals surface area (Å²) in [6.07, 6.45) is 3.53. The van der Waals surface area contributed by atoms with Crippen molar-refractivity contribution in [1.82, 2.24) is 9.88 Å². The van der Waals surface area contributed by atoms with Crippen LogP contribution >= 0.6 is 0 Å². The van der Waals surface area contributed by atoms with E-state index in [0.717, 1.165) is 25.1 Å². The number of rotatable bonds is 3. The van der Waals surface area contributed by atoms with Crippen molar-refractivity contribution in [3.8, 4) is 0 Å². The Morgan fingerprint density at radius 1 is 1.59 bits per heavy atom. The summed E-state index contributed by atoms with van der Waals surface area (Å²) in [5, 5.41) is 9.07. The molecule has 0 saturated carbocycles. The first-order valence-electron chi connectivity index (χ1n) is 6.06. The Kier molecular flexibility index (Phi) is 3.74. The third-order valence-corrected chi connectivity index (χ3v) is 3.47. The maximum absolute atomic E-state index is 11.0. The highest BCUT2D eigenvalue weighted by Crippen LogP contribution is 2.25. The fraction of sp³-hybridized carbons (Fsp3) is 0.538. The number of carboxylic acid groups (broad SMARTS) is 1. The second kappa shape index (κ2) is 5.27. The van der Waals surface area contributed by atoms with E-state index in [1.165, 1.54) is 0 Å². The molecular weight excluding hydrogens is 216 g/mol. The Morgan fingerprint density at radius 3 is 3.06 bits per heavy atom. The number of aliphatic carboxylic acids is 1. The third-order valence-electron chi connectivity index (χ3n) is 3.47. The van der Waals surface area contributed by atoms with Gasteiger partial charge in [0, 0.05) is 18.8 Å². The van der Waals surface area contributed by atoms with Gasteiger partial charge < -0.3 is 5.11 Å². The summed E-state index contributed by atoms with van der Waals surface area (Å²) < 4.78 is 0. The van der Waals surface area contributed by atoms with E-state index in [9.17, 15) is 4.79 Å². The molecule has 1 aliphatic rings. The van der Waals surface area contributed by atoms with Crippen LogP contribution in [0.4, 0.5) is 0 Å². The van der Waals surface area contributed by atoms with Crippen molar-refractivity contribution in [3.05, 3.63) is 30.1 Å². The van der Waals surface area contributed by atoms with Gasteiger partial charge in [0.25, 0.3) is 0 Å². The minimum atomic E-state index is -0.678. The number of likely N-dealkylation sites (tertiary alicyclic amines) is 1. The average Bonchev–Trinajstić information content (AvgIpc) is 2.39. The number of nitrogens with zero attached hydrogens (tertiary/aromatic N) is 2. The first-order chi connectivity index (χ1) is 8.18. The molecule has 0 amide bonds. The summed E-state index contributed by atoms with van der Waals surface area (Å²) in [5.41, 5.74) is 1.01. The number of pyridine rings is 1. The number of aromatic nitrogens is 1. The maximum atomic E-state index is 11.0. The molecular formula is C13H18N2O2. The van der Waals surface area contributed by atoms with Crippen LogP contribution in [-0.2, 0) is 4.79 Å². The van der Waals surface area contributed by atoms with Crippen molar-refractivity contribution in [2.24, 2.45) is 5.92 Å². The van der Waals surface area contributed by atoms with Crippen molar-refractivity contribution < 1.29 is 9.90 Å². The van der Waals surface area contributed by atoms with Crippen LogP contribution < -0.4 is 0 Å². The molecule has 0 radical (unpaired) electrons. The summed E-state index contributed by atoms with van der Waals surface area (Å²) >= 11 is 0. The first kappa shape index (κ1) is 12.0. The monoisotopic (exact) mass is 234 g/mol. The molecule has 4 nitrogen and oxygen atoms in total. The normalized spacial score (nSPS) is 23.2. The van der Waals surface area contributed by atoms with Gasteiger partial charge in [-0.2, -0.15) is 0 Å². The van der Waals surface area contributed by atoms with E-state index in [2.05, 4.69) is 16.8 Å². The molecule has 0 aliphatic carbocycles. The van der Waals surface area contributed by atoms with E-state index in [1.54, 1.807) is 6.20 Å². The number of carbonyl (C=O) groups is 1. The van der Waals surface area contributed by atoms with Gasteiger partial charge in [-0.3, -0.25) is 14.7 Å². The zero-order valence-corrected chi connectivity index (χ0v) is 10.0. The fourth-order valence-corrected chi connectivity index (χ4v) is 2.37. The molecule has 1 aromatic rings. The summed E-state index contributed by atoms with van der Waals surface area (Å²) in [7, 11) is 0. The smallest absolute Gasteiger partial charge is 0.307 e. The van der Waals surface area contributed by atoms with Gasteiger partial charge in [-0.1, -0.05) is 6.07 Å². The van der Waals surface area contributed by atoms with E-state index >= 15 is 0 Å². The van der Waals surface area contributed by atoms with Crippen molar-refractivity contribution in [1.29, 1.82) is 0 Å². The molecule has 0 aromatic carbocycles. The van der Waals surface area contributed by atoms with Crippen LogP contribution in [0.2, 0.25) is 0 Å². The minimum absolute atomic E-state index is 0.193. The molecule has 2 rings (SSSR count). The second-order valence-corrected chi connectivity index (χ2v) is 4.60. The summed E-state index contributed by atoms with van der Waals surface area (Å²) in [4.78, 5) is 17.6. The molecule has 17 heavy (non-hydrogen) atoms. The van der Waals surface area contributed by atoms with Crippen LogP contribution in [-0.4, -0.2) is 34.0 Å². The van der Waals surface area contributed by atoms with Gasteiger partial charge in [-0.15, -0.1) is 0 Å². The van der Waals surface area contributed by atoms with E-state index in [4.69, 9.17) is 5.11 Å². The summed E-state index contributed by atoms with van der Waals surface area (Å²) in [6, 6.07) is 6.05. The standard InChI is InChI=1S/C13H18N2O2/c1-10(12-6-2-3-7-14-12)15-8-4-5-11(9-15)13(16)17/h2-3,6-7,10-11H,4-5,8-9H2,1H3,(H,16,17)/t10-,11-/m1/s1. The van der Waals surface area contributed by atoms with Crippen LogP contribution in [0.1, 0.15) is 31.5 Å². The lowest BCUT2D eigenvalue weighted by Crippen LogP contribution is -2.40. The Bertz CT molecular complexity index is 380. The molecule has 1 fully saturated rings. The molecule has 1 saturated heterocycles. The molecule has 4 heteroatoms. The lowest BCUT2D eigenvalue weighted by Gasteiger charge is -2.34. The van der Waals surface area contributed by atoms with E-state index < -0.39 is 5.97 Å². The van der Waals surface area contributed by atoms with Crippen molar-refractivity contribution >= 4 is 5.97 Å². The molecule has 1 aliphatic heterocycles. The highest BCUT2D eigenvalue weighted by Gasteiger charge is 2.28. The van der Waals surface area contributed by atoms with Gasteiger partial charge in [0.15, 0.2) is 0 Å². The fourth-order valence-electron chi connectivity index (χ4n) is 2.37. The van der Waals surface area contributed by atoms with Gasteiger partial charge in [-0.05, 0) is 38.4 Å². The largest absolute Gasteiger partial charge is 0.481 e. The molecule has 92 valence electrons. The Morgan fingerprint density at radius 2 is 2.41 bits per heavy atom. The van der Waals surface area contributed by atoms with Gasteiger partial charge >= 0.3 is 5.97 Å². The van der Waals surface area contributed by atoms with E-state index in [0.29, 0.717) is 6.54 Å². The van der Waals surface area contributed by atoms with E-state index in [-0.39, 0.29) is 12.0 Å². The van der Waals surface area contributed by atoms with Crippen molar-refractivity contribution in [2.75, 3.05) is 13.1 Å². The van der Waals surface area contributed by atoms with Gasteiger partial charge in [0.05, 0.1) is 11.6 Å². The Labute approximate surface area is 101 Å². The number of piperidine rings is 1. The topological polar surface area (TPSA) is 53.4 Å². The Balaban J connectivity index is 2.05. The maximum Gasteiger partial charge on any atom is 0.307 e. The quantitative estimate of drug-likeness (QED) is 0.868. The predicted molar refractivity (Wildman–Crippen MR) is 64.6 cm³/mol. The van der Waals surface area contributed by atoms with Crippen molar-refractivity contribution in [3.63, 3.8) is 0 Å². The first-order valence-corrected chi connectivity index (χ1v) is 6.06. The van der Waals surface area contributed by atoms with Crippen LogP contribution in [0.5, 0.6) is 0 Å². The van der Waals surface area contributed by atoms with Crippen LogP contribution in [0, 0.1) is 5.92 Å². The Hall–Kier alpha value is -1.42. The third kappa shape index (κ3) is 2.82. The molecule has 0 spiro atoms. The molecule has 1 N–H and O–H groups in total. The van der Waals surface area contributed by atoms with Crippen LogP contribution in [0.15, 0.2) is 24.4 Å². The number of carboxylic acids is 1. The lowest BCUT2D eigenvalue weighted by molar-refractivity contribution is -0.143. The zero-order valence-electron chi connectivity index (χ0n) is 10.0. The average molecular weight is 234 g/mol.